The van der Waals surface area contributed by atoms with Crippen molar-refractivity contribution in [3.63, 3.8) is 0 Å². The summed E-state index contributed by atoms with van der Waals surface area (Å²) in [5.74, 6) is -0.834. The molecule has 0 radical (unpaired) electrons. The largest absolute Gasteiger partial charge is 1.00 e. The van der Waals surface area contributed by atoms with Gasteiger partial charge in [0.05, 0.1) is 12.5 Å². The zero-order chi connectivity index (χ0) is 10.7. The molecule has 2 heterocycles. The van der Waals surface area contributed by atoms with Crippen LogP contribution in [-0.4, -0.2) is 28.9 Å². The first-order chi connectivity index (χ1) is 7.25. The topological polar surface area (TPSA) is 69.4 Å². The molecule has 1 aromatic heterocycles. The standard InChI is InChI=1S/C10H14N2O3.Li/c13-10(14)8-7-15-9(11-8)6-12-4-2-1-3-5-12;/h7H,1-6H2,(H,13,14);/q;+1/p-1. The number of nitrogens with zero attached hydrogens (tertiary/aromatic N) is 2. The van der Waals surface area contributed by atoms with Crippen LogP contribution in [0.15, 0.2) is 10.7 Å². The van der Waals surface area contributed by atoms with Crippen LogP contribution in [0.3, 0.4) is 0 Å². The van der Waals surface area contributed by atoms with Crippen molar-refractivity contribution in [1.29, 1.82) is 0 Å². The second-order valence-electron chi connectivity index (χ2n) is 3.75. The van der Waals surface area contributed by atoms with E-state index in [0.29, 0.717) is 12.4 Å². The summed E-state index contributed by atoms with van der Waals surface area (Å²) in [7, 11) is 0. The Bertz CT molecular complexity index is 348. The van der Waals surface area contributed by atoms with E-state index >= 15 is 0 Å². The minimum absolute atomic E-state index is 0. The third kappa shape index (κ3) is 3.37. The molecule has 0 N–H and O–H groups in total. The molecular formula is C10H13LiN2O3. The molecule has 0 aliphatic carbocycles. The van der Waals surface area contributed by atoms with Crippen LogP contribution in [0, 0.1) is 0 Å². The van der Waals surface area contributed by atoms with Crippen molar-refractivity contribution in [2.45, 2.75) is 25.8 Å². The Hall–Kier alpha value is -0.763. The number of carbonyl (C=O) groups is 1. The van der Waals surface area contributed by atoms with Gasteiger partial charge in [-0.05, 0) is 25.9 Å². The molecule has 6 heteroatoms. The fraction of sp³-hybridized carbons (Fsp3) is 0.600. The van der Waals surface area contributed by atoms with E-state index in [4.69, 9.17) is 4.42 Å². The van der Waals surface area contributed by atoms with Gasteiger partial charge in [-0.1, -0.05) is 6.42 Å². The first-order valence-corrected chi connectivity index (χ1v) is 5.14. The molecular weight excluding hydrogens is 203 g/mol. The van der Waals surface area contributed by atoms with Crippen LogP contribution in [0.2, 0.25) is 0 Å². The number of aromatic carboxylic acids is 1. The minimum Gasteiger partial charge on any atom is -0.543 e. The molecule has 16 heavy (non-hydrogen) atoms. The molecule has 0 bridgehead atoms. The summed E-state index contributed by atoms with van der Waals surface area (Å²) in [5, 5.41) is 10.5. The molecule has 1 aliphatic rings. The summed E-state index contributed by atoms with van der Waals surface area (Å²) in [6.45, 7) is 2.65. The summed E-state index contributed by atoms with van der Waals surface area (Å²) in [4.78, 5) is 16.5. The summed E-state index contributed by atoms with van der Waals surface area (Å²) in [6, 6.07) is 0. The Morgan fingerprint density at radius 1 is 1.44 bits per heavy atom. The number of hydrogen-bond donors (Lipinski definition) is 0. The van der Waals surface area contributed by atoms with Gasteiger partial charge in [-0.15, -0.1) is 0 Å². The Kier molecular flexibility index (Phi) is 5.06. The van der Waals surface area contributed by atoms with E-state index in [1.54, 1.807) is 0 Å². The van der Waals surface area contributed by atoms with E-state index in [2.05, 4.69) is 9.88 Å². The van der Waals surface area contributed by atoms with Gasteiger partial charge in [0.15, 0.2) is 0 Å². The van der Waals surface area contributed by atoms with Crippen molar-refractivity contribution < 1.29 is 33.2 Å². The van der Waals surface area contributed by atoms with Crippen LogP contribution < -0.4 is 24.0 Å². The molecule has 0 spiro atoms. The Labute approximate surface area is 106 Å². The van der Waals surface area contributed by atoms with Crippen molar-refractivity contribution in [3.8, 4) is 0 Å². The number of piperidine rings is 1. The Balaban J connectivity index is 0.00000128. The van der Waals surface area contributed by atoms with Gasteiger partial charge in [-0.2, -0.15) is 0 Å². The number of aromatic nitrogens is 1. The van der Waals surface area contributed by atoms with E-state index in [1.165, 1.54) is 19.3 Å². The molecule has 0 unspecified atom stereocenters. The number of carboxylic acid groups (broad SMARTS) is 1. The normalized spacial score (nSPS) is 16.8. The fourth-order valence-corrected chi connectivity index (χ4v) is 1.79. The van der Waals surface area contributed by atoms with Gasteiger partial charge in [0.1, 0.15) is 12.0 Å². The SMILES string of the molecule is O=C([O-])c1coc(CN2CCCCC2)n1.[Li+]. The molecule has 5 nitrogen and oxygen atoms in total. The van der Waals surface area contributed by atoms with E-state index in [-0.39, 0.29) is 24.6 Å². The summed E-state index contributed by atoms with van der Waals surface area (Å²) >= 11 is 0. The van der Waals surface area contributed by atoms with Gasteiger partial charge < -0.3 is 14.3 Å². The number of rotatable bonds is 3. The fourth-order valence-electron chi connectivity index (χ4n) is 1.79. The smallest absolute Gasteiger partial charge is 0.543 e. The minimum atomic E-state index is -1.29. The molecule has 0 aromatic carbocycles. The first-order valence-electron chi connectivity index (χ1n) is 5.14. The monoisotopic (exact) mass is 216 g/mol. The zero-order valence-corrected chi connectivity index (χ0v) is 9.44. The van der Waals surface area contributed by atoms with E-state index in [9.17, 15) is 9.90 Å². The number of oxazole rings is 1. The van der Waals surface area contributed by atoms with E-state index in [0.717, 1.165) is 19.4 Å². The number of likely N-dealkylation sites (tertiary alicyclic amines) is 1. The zero-order valence-electron chi connectivity index (χ0n) is 9.44. The number of carboxylic acids is 1. The third-order valence-electron chi connectivity index (χ3n) is 2.57. The van der Waals surface area contributed by atoms with Gasteiger partial charge in [0.25, 0.3) is 0 Å². The van der Waals surface area contributed by atoms with E-state index < -0.39 is 5.97 Å². The maximum Gasteiger partial charge on any atom is 1.00 e. The van der Waals surface area contributed by atoms with Crippen LogP contribution in [-0.2, 0) is 6.54 Å². The van der Waals surface area contributed by atoms with Crippen molar-refractivity contribution >= 4 is 5.97 Å². The maximum absolute atomic E-state index is 10.5. The predicted octanol–water partition coefficient (Wildman–Crippen LogP) is -2.97. The van der Waals surface area contributed by atoms with E-state index in [1.807, 2.05) is 0 Å². The summed E-state index contributed by atoms with van der Waals surface area (Å²) in [6.07, 6.45) is 4.78. The van der Waals surface area contributed by atoms with Crippen LogP contribution in [0.5, 0.6) is 0 Å². The third-order valence-corrected chi connectivity index (χ3v) is 2.57. The quantitative estimate of drug-likeness (QED) is 0.504. The van der Waals surface area contributed by atoms with Gasteiger partial charge >= 0.3 is 18.9 Å². The summed E-state index contributed by atoms with van der Waals surface area (Å²) < 4.78 is 5.06. The molecule has 0 amide bonds. The second kappa shape index (κ2) is 6.09. The predicted molar refractivity (Wildman–Crippen MR) is 50.0 cm³/mol. The molecule has 1 aliphatic heterocycles. The van der Waals surface area contributed by atoms with Gasteiger partial charge in [0.2, 0.25) is 5.89 Å². The van der Waals surface area contributed by atoms with Gasteiger partial charge in [-0.3, -0.25) is 4.90 Å². The van der Waals surface area contributed by atoms with Crippen LogP contribution in [0.25, 0.3) is 0 Å². The molecule has 0 saturated carbocycles. The average molecular weight is 216 g/mol. The van der Waals surface area contributed by atoms with Crippen molar-refractivity contribution in [3.05, 3.63) is 17.8 Å². The van der Waals surface area contributed by atoms with Crippen molar-refractivity contribution in [2.24, 2.45) is 0 Å². The van der Waals surface area contributed by atoms with Gasteiger partial charge in [0, 0.05) is 0 Å². The Morgan fingerprint density at radius 3 is 2.69 bits per heavy atom. The summed E-state index contributed by atoms with van der Waals surface area (Å²) in [5.41, 5.74) is -0.123. The van der Waals surface area contributed by atoms with Crippen LogP contribution in [0.1, 0.15) is 35.6 Å². The number of carbonyl (C=O) groups excluding carboxylic acids is 1. The van der Waals surface area contributed by atoms with Crippen molar-refractivity contribution in [2.75, 3.05) is 13.1 Å². The Morgan fingerprint density at radius 2 is 2.12 bits per heavy atom. The second-order valence-corrected chi connectivity index (χ2v) is 3.75. The number of hydrogen-bond acceptors (Lipinski definition) is 5. The molecule has 1 saturated heterocycles. The molecule has 1 aromatic rings. The van der Waals surface area contributed by atoms with Crippen LogP contribution >= 0.6 is 0 Å². The molecule has 1 fully saturated rings. The first kappa shape index (κ1) is 13.3. The average Bonchev–Trinajstić information content (AvgIpc) is 2.68. The molecule has 82 valence electrons. The molecule has 2 rings (SSSR count). The van der Waals surface area contributed by atoms with Crippen molar-refractivity contribution in [1.82, 2.24) is 9.88 Å². The maximum atomic E-state index is 10.5. The van der Waals surface area contributed by atoms with Crippen LogP contribution in [0.4, 0.5) is 0 Å². The molecule has 0 atom stereocenters. The van der Waals surface area contributed by atoms with Gasteiger partial charge in [-0.25, -0.2) is 4.98 Å².